The van der Waals surface area contributed by atoms with Crippen LogP contribution in [-0.2, 0) is 4.79 Å². The van der Waals surface area contributed by atoms with Gasteiger partial charge in [-0.05, 0) is 24.3 Å². The highest BCUT2D eigenvalue weighted by Crippen LogP contribution is 2.36. The van der Waals surface area contributed by atoms with Crippen LogP contribution in [0.1, 0.15) is 12.8 Å². The van der Waals surface area contributed by atoms with Crippen molar-refractivity contribution in [2.45, 2.75) is 18.4 Å². The molecule has 2 aromatic carbocycles. The Labute approximate surface area is 106 Å². The number of amides is 1. The molecule has 3 nitrogen and oxygen atoms in total. The van der Waals surface area contributed by atoms with Gasteiger partial charge < -0.3 is 10.6 Å². The maximum atomic E-state index is 12.3. The molecule has 2 aromatic rings. The molecule has 1 aliphatic rings. The molecular weight excluding hydrogens is 224 g/mol. The summed E-state index contributed by atoms with van der Waals surface area (Å²) in [5, 5.41) is 2.22. The number of fused-ring (bicyclic) bond motifs is 1. The highest BCUT2D eigenvalue weighted by atomic mass is 16.2. The van der Waals surface area contributed by atoms with Crippen LogP contribution in [-0.4, -0.2) is 18.5 Å². The van der Waals surface area contributed by atoms with E-state index in [1.54, 1.807) is 11.9 Å². The van der Waals surface area contributed by atoms with E-state index < -0.39 is 5.54 Å². The van der Waals surface area contributed by atoms with Gasteiger partial charge in [-0.15, -0.1) is 0 Å². The Kier molecular flexibility index (Phi) is 2.38. The standard InChI is InChI=1S/C15H16N2O/c1-17(14(18)15(16)9-10-15)13-8-4-6-11-5-2-3-7-12(11)13/h2-8H,9-10,16H2,1H3. The minimum Gasteiger partial charge on any atom is -0.317 e. The fourth-order valence-electron chi connectivity index (χ4n) is 2.29. The third-order valence-corrected chi connectivity index (χ3v) is 3.65. The fourth-order valence-corrected chi connectivity index (χ4v) is 2.29. The predicted octanol–water partition coefficient (Wildman–Crippen LogP) is 2.29. The zero-order valence-electron chi connectivity index (χ0n) is 10.4. The second kappa shape index (κ2) is 3.82. The van der Waals surface area contributed by atoms with Gasteiger partial charge in [0.15, 0.2) is 0 Å². The average molecular weight is 240 g/mol. The second-order valence-electron chi connectivity index (χ2n) is 5.02. The number of carbonyl (C=O) groups excluding carboxylic acids is 1. The first-order valence-electron chi connectivity index (χ1n) is 6.17. The molecule has 0 atom stereocenters. The molecule has 0 saturated heterocycles. The summed E-state index contributed by atoms with van der Waals surface area (Å²) in [7, 11) is 1.80. The molecule has 0 bridgehead atoms. The summed E-state index contributed by atoms with van der Waals surface area (Å²) in [4.78, 5) is 14.0. The van der Waals surface area contributed by atoms with Crippen molar-refractivity contribution in [3.63, 3.8) is 0 Å². The van der Waals surface area contributed by atoms with E-state index in [2.05, 4.69) is 0 Å². The number of nitrogens with two attached hydrogens (primary N) is 1. The van der Waals surface area contributed by atoms with Gasteiger partial charge in [0.2, 0.25) is 5.91 Å². The van der Waals surface area contributed by atoms with Crippen molar-refractivity contribution in [3.05, 3.63) is 42.5 Å². The van der Waals surface area contributed by atoms with Crippen molar-refractivity contribution in [1.29, 1.82) is 0 Å². The van der Waals surface area contributed by atoms with Crippen LogP contribution in [0, 0.1) is 0 Å². The lowest BCUT2D eigenvalue weighted by molar-refractivity contribution is -0.120. The Morgan fingerprint density at radius 2 is 1.83 bits per heavy atom. The maximum absolute atomic E-state index is 12.3. The van der Waals surface area contributed by atoms with Gasteiger partial charge in [-0.3, -0.25) is 4.79 Å². The van der Waals surface area contributed by atoms with Crippen LogP contribution >= 0.6 is 0 Å². The maximum Gasteiger partial charge on any atom is 0.246 e. The molecular formula is C15H16N2O. The molecule has 1 fully saturated rings. The Hall–Kier alpha value is -1.87. The van der Waals surface area contributed by atoms with Crippen molar-refractivity contribution < 1.29 is 4.79 Å². The summed E-state index contributed by atoms with van der Waals surface area (Å²) in [6, 6.07) is 14.0. The largest absolute Gasteiger partial charge is 0.317 e. The minimum atomic E-state index is -0.619. The molecule has 0 aliphatic heterocycles. The molecule has 3 heteroatoms. The number of hydrogen-bond acceptors (Lipinski definition) is 2. The van der Waals surface area contributed by atoms with Gasteiger partial charge in [-0.2, -0.15) is 0 Å². The van der Waals surface area contributed by atoms with Crippen molar-refractivity contribution in [3.8, 4) is 0 Å². The number of benzene rings is 2. The molecule has 1 amide bonds. The van der Waals surface area contributed by atoms with E-state index in [1.807, 2.05) is 42.5 Å². The monoisotopic (exact) mass is 240 g/mol. The topological polar surface area (TPSA) is 46.3 Å². The summed E-state index contributed by atoms with van der Waals surface area (Å²) in [6.45, 7) is 0. The number of hydrogen-bond donors (Lipinski definition) is 1. The lowest BCUT2D eigenvalue weighted by Gasteiger charge is -2.22. The van der Waals surface area contributed by atoms with E-state index >= 15 is 0 Å². The Bertz CT molecular complexity index is 611. The molecule has 18 heavy (non-hydrogen) atoms. The second-order valence-corrected chi connectivity index (χ2v) is 5.02. The van der Waals surface area contributed by atoms with Crippen LogP contribution < -0.4 is 10.6 Å². The van der Waals surface area contributed by atoms with Crippen molar-refractivity contribution in [2.24, 2.45) is 5.73 Å². The predicted molar refractivity (Wildman–Crippen MR) is 73.5 cm³/mol. The Morgan fingerprint density at radius 3 is 2.56 bits per heavy atom. The Morgan fingerprint density at radius 1 is 1.17 bits per heavy atom. The highest BCUT2D eigenvalue weighted by molar-refractivity contribution is 6.07. The van der Waals surface area contributed by atoms with Gasteiger partial charge in [0.25, 0.3) is 0 Å². The van der Waals surface area contributed by atoms with Crippen LogP contribution in [0.3, 0.4) is 0 Å². The number of anilines is 1. The first-order valence-corrected chi connectivity index (χ1v) is 6.17. The van der Waals surface area contributed by atoms with Crippen LogP contribution in [0.2, 0.25) is 0 Å². The molecule has 3 rings (SSSR count). The highest BCUT2D eigenvalue weighted by Gasteiger charge is 2.47. The minimum absolute atomic E-state index is 0.0128. The lowest BCUT2D eigenvalue weighted by Crippen LogP contribution is -2.43. The van der Waals surface area contributed by atoms with Gasteiger partial charge in [0, 0.05) is 12.4 Å². The molecule has 1 saturated carbocycles. The summed E-state index contributed by atoms with van der Waals surface area (Å²) in [6.07, 6.45) is 1.59. The number of nitrogens with zero attached hydrogens (tertiary/aromatic N) is 1. The van der Waals surface area contributed by atoms with E-state index in [4.69, 9.17) is 5.73 Å². The summed E-state index contributed by atoms with van der Waals surface area (Å²) >= 11 is 0. The van der Waals surface area contributed by atoms with Crippen LogP contribution in [0.4, 0.5) is 5.69 Å². The number of carbonyl (C=O) groups is 1. The fraction of sp³-hybridized carbons (Fsp3) is 0.267. The van der Waals surface area contributed by atoms with E-state index in [9.17, 15) is 4.79 Å². The van der Waals surface area contributed by atoms with E-state index in [-0.39, 0.29) is 5.91 Å². The molecule has 92 valence electrons. The number of likely N-dealkylation sites (N-methyl/N-ethyl adjacent to an activating group) is 1. The molecule has 0 aromatic heterocycles. The molecule has 0 radical (unpaired) electrons. The van der Waals surface area contributed by atoms with E-state index in [1.165, 1.54) is 0 Å². The van der Waals surface area contributed by atoms with Crippen molar-refractivity contribution in [1.82, 2.24) is 0 Å². The van der Waals surface area contributed by atoms with E-state index in [0.29, 0.717) is 0 Å². The molecule has 2 N–H and O–H groups in total. The Balaban J connectivity index is 2.06. The SMILES string of the molecule is CN(C(=O)C1(N)CC1)c1cccc2ccccc12. The third-order valence-electron chi connectivity index (χ3n) is 3.65. The number of rotatable bonds is 2. The van der Waals surface area contributed by atoms with Crippen LogP contribution in [0.25, 0.3) is 10.8 Å². The zero-order chi connectivity index (χ0) is 12.8. The zero-order valence-corrected chi connectivity index (χ0v) is 10.4. The van der Waals surface area contributed by atoms with Gasteiger partial charge in [0.05, 0.1) is 11.2 Å². The van der Waals surface area contributed by atoms with Crippen molar-refractivity contribution in [2.75, 3.05) is 11.9 Å². The van der Waals surface area contributed by atoms with Gasteiger partial charge >= 0.3 is 0 Å². The van der Waals surface area contributed by atoms with E-state index in [0.717, 1.165) is 29.3 Å². The smallest absolute Gasteiger partial charge is 0.246 e. The van der Waals surface area contributed by atoms with Crippen LogP contribution in [0.5, 0.6) is 0 Å². The third kappa shape index (κ3) is 1.68. The quantitative estimate of drug-likeness (QED) is 0.875. The van der Waals surface area contributed by atoms with Gasteiger partial charge in [-0.1, -0.05) is 36.4 Å². The lowest BCUT2D eigenvalue weighted by atomic mass is 10.1. The van der Waals surface area contributed by atoms with Crippen LogP contribution in [0.15, 0.2) is 42.5 Å². The van der Waals surface area contributed by atoms with Gasteiger partial charge in [-0.25, -0.2) is 0 Å². The molecule has 0 unspecified atom stereocenters. The molecule has 0 heterocycles. The normalized spacial score (nSPS) is 16.6. The molecule has 1 aliphatic carbocycles. The molecule has 0 spiro atoms. The average Bonchev–Trinajstić information content (AvgIpc) is 3.16. The summed E-state index contributed by atoms with van der Waals surface area (Å²) in [5.74, 6) is 0.0128. The van der Waals surface area contributed by atoms with Gasteiger partial charge in [0.1, 0.15) is 0 Å². The summed E-state index contributed by atoms with van der Waals surface area (Å²) in [5.41, 5.74) is 6.29. The van der Waals surface area contributed by atoms with Crippen molar-refractivity contribution >= 4 is 22.4 Å². The first kappa shape index (κ1) is 11.2. The first-order chi connectivity index (χ1) is 8.62. The summed E-state index contributed by atoms with van der Waals surface area (Å²) < 4.78 is 0.